The standard InChI is InChI=1S/C19H24ClN/c1-12-10-13(2)19(14(3)11-12)16(5)21-15(4)17-6-8-18(20)9-7-17/h6-11,15-16,21H,1-5H3/t15-,16?/m1/s1. The highest BCUT2D eigenvalue weighted by molar-refractivity contribution is 6.30. The molecule has 2 atom stereocenters. The Morgan fingerprint density at radius 3 is 1.90 bits per heavy atom. The molecule has 0 amide bonds. The molecule has 0 aliphatic rings. The molecule has 0 spiro atoms. The Balaban J connectivity index is 2.18. The van der Waals surface area contributed by atoms with E-state index < -0.39 is 0 Å². The Labute approximate surface area is 133 Å². The Morgan fingerprint density at radius 1 is 0.857 bits per heavy atom. The molecule has 2 aromatic rings. The minimum Gasteiger partial charge on any atom is -0.304 e. The van der Waals surface area contributed by atoms with Crippen molar-refractivity contribution in [3.63, 3.8) is 0 Å². The van der Waals surface area contributed by atoms with Crippen LogP contribution in [-0.4, -0.2) is 0 Å². The van der Waals surface area contributed by atoms with Crippen LogP contribution in [0.25, 0.3) is 0 Å². The second-order valence-corrected chi connectivity index (χ2v) is 6.41. The minimum absolute atomic E-state index is 0.289. The molecule has 1 unspecified atom stereocenters. The monoisotopic (exact) mass is 301 g/mol. The minimum atomic E-state index is 0.289. The first-order valence-electron chi connectivity index (χ1n) is 7.47. The van der Waals surface area contributed by atoms with E-state index in [9.17, 15) is 0 Å². The summed E-state index contributed by atoms with van der Waals surface area (Å²) in [5, 5.41) is 4.47. The molecule has 2 aromatic carbocycles. The van der Waals surface area contributed by atoms with Crippen LogP contribution in [0.15, 0.2) is 36.4 Å². The van der Waals surface area contributed by atoms with Crippen LogP contribution in [0, 0.1) is 20.8 Å². The topological polar surface area (TPSA) is 12.0 Å². The van der Waals surface area contributed by atoms with Gasteiger partial charge >= 0.3 is 0 Å². The maximum Gasteiger partial charge on any atom is 0.0406 e. The average Bonchev–Trinajstić information content (AvgIpc) is 2.37. The first kappa shape index (κ1) is 16.1. The molecule has 1 N–H and O–H groups in total. The van der Waals surface area contributed by atoms with Gasteiger partial charge < -0.3 is 5.32 Å². The number of benzene rings is 2. The van der Waals surface area contributed by atoms with Gasteiger partial charge in [0.25, 0.3) is 0 Å². The van der Waals surface area contributed by atoms with Gasteiger partial charge in [0.15, 0.2) is 0 Å². The van der Waals surface area contributed by atoms with E-state index in [4.69, 9.17) is 11.6 Å². The fourth-order valence-electron chi connectivity index (χ4n) is 3.18. The lowest BCUT2D eigenvalue weighted by Gasteiger charge is -2.24. The summed E-state index contributed by atoms with van der Waals surface area (Å²) in [6.07, 6.45) is 0. The fraction of sp³-hybridized carbons (Fsp3) is 0.368. The summed E-state index contributed by atoms with van der Waals surface area (Å²) < 4.78 is 0. The molecule has 2 heteroatoms. The quantitative estimate of drug-likeness (QED) is 0.766. The highest BCUT2D eigenvalue weighted by Crippen LogP contribution is 2.26. The van der Waals surface area contributed by atoms with E-state index in [1.54, 1.807) is 0 Å². The summed E-state index contributed by atoms with van der Waals surface area (Å²) >= 11 is 5.95. The van der Waals surface area contributed by atoms with E-state index >= 15 is 0 Å². The maximum absolute atomic E-state index is 5.95. The van der Waals surface area contributed by atoms with E-state index in [0.717, 1.165) is 5.02 Å². The van der Waals surface area contributed by atoms with Crippen LogP contribution in [0.4, 0.5) is 0 Å². The number of nitrogens with one attached hydrogen (secondary N) is 1. The Kier molecular flexibility index (Phi) is 5.08. The lowest BCUT2D eigenvalue weighted by atomic mass is 9.94. The lowest BCUT2D eigenvalue weighted by molar-refractivity contribution is 0.491. The molecule has 0 bridgehead atoms. The van der Waals surface area contributed by atoms with Crippen molar-refractivity contribution in [1.82, 2.24) is 5.32 Å². The van der Waals surface area contributed by atoms with Crippen LogP contribution in [0.1, 0.15) is 53.7 Å². The molecular weight excluding hydrogens is 278 g/mol. The molecule has 0 aromatic heterocycles. The number of rotatable bonds is 4. The van der Waals surface area contributed by atoms with Gasteiger partial charge in [0, 0.05) is 17.1 Å². The molecule has 0 saturated heterocycles. The zero-order chi connectivity index (χ0) is 15.6. The van der Waals surface area contributed by atoms with Crippen LogP contribution in [0.5, 0.6) is 0 Å². The smallest absolute Gasteiger partial charge is 0.0406 e. The highest BCUT2D eigenvalue weighted by Gasteiger charge is 2.15. The number of hydrogen-bond acceptors (Lipinski definition) is 1. The van der Waals surface area contributed by atoms with Gasteiger partial charge in [-0.05, 0) is 69.0 Å². The van der Waals surface area contributed by atoms with Gasteiger partial charge in [-0.2, -0.15) is 0 Å². The second-order valence-electron chi connectivity index (χ2n) is 5.97. The van der Waals surface area contributed by atoms with E-state index in [0.29, 0.717) is 6.04 Å². The number of hydrogen-bond donors (Lipinski definition) is 1. The summed E-state index contributed by atoms with van der Waals surface area (Å²) in [4.78, 5) is 0. The summed E-state index contributed by atoms with van der Waals surface area (Å²) in [7, 11) is 0. The number of halogens is 1. The largest absolute Gasteiger partial charge is 0.304 e. The van der Waals surface area contributed by atoms with Gasteiger partial charge in [-0.25, -0.2) is 0 Å². The third-order valence-corrected chi connectivity index (χ3v) is 4.29. The molecule has 0 fully saturated rings. The van der Waals surface area contributed by atoms with Crippen molar-refractivity contribution in [1.29, 1.82) is 0 Å². The van der Waals surface area contributed by atoms with Crippen LogP contribution < -0.4 is 5.32 Å². The lowest BCUT2D eigenvalue weighted by Crippen LogP contribution is -2.23. The molecule has 0 heterocycles. The van der Waals surface area contributed by atoms with E-state index in [2.05, 4.69) is 64.2 Å². The number of aryl methyl sites for hydroxylation is 3. The van der Waals surface area contributed by atoms with Gasteiger partial charge in [-0.1, -0.05) is 41.4 Å². The highest BCUT2D eigenvalue weighted by atomic mass is 35.5. The average molecular weight is 302 g/mol. The first-order chi connectivity index (χ1) is 9.88. The van der Waals surface area contributed by atoms with Crippen molar-refractivity contribution in [2.24, 2.45) is 0 Å². The normalized spacial score (nSPS) is 14.0. The fourth-order valence-corrected chi connectivity index (χ4v) is 3.31. The summed E-state index contributed by atoms with van der Waals surface area (Å²) in [5.41, 5.74) is 6.70. The van der Waals surface area contributed by atoms with Crippen LogP contribution in [0.3, 0.4) is 0 Å². The van der Waals surface area contributed by atoms with E-state index in [1.807, 2.05) is 12.1 Å². The van der Waals surface area contributed by atoms with Gasteiger partial charge in [0.2, 0.25) is 0 Å². The molecule has 0 aliphatic heterocycles. The van der Waals surface area contributed by atoms with Gasteiger partial charge in [0.1, 0.15) is 0 Å². The van der Waals surface area contributed by atoms with Crippen molar-refractivity contribution in [2.75, 3.05) is 0 Å². The molecule has 0 saturated carbocycles. The second kappa shape index (κ2) is 6.64. The Morgan fingerprint density at radius 2 is 1.38 bits per heavy atom. The zero-order valence-electron chi connectivity index (χ0n) is 13.5. The third-order valence-electron chi connectivity index (χ3n) is 4.04. The Bertz CT molecular complexity index is 593. The van der Waals surface area contributed by atoms with Crippen molar-refractivity contribution < 1.29 is 0 Å². The summed E-state index contributed by atoms with van der Waals surface area (Å²) in [6, 6.07) is 13.2. The van der Waals surface area contributed by atoms with Crippen LogP contribution in [0.2, 0.25) is 5.02 Å². The zero-order valence-corrected chi connectivity index (χ0v) is 14.3. The predicted molar refractivity (Wildman–Crippen MR) is 92.1 cm³/mol. The van der Waals surface area contributed by atoms with Gasteiger partial charge in [0.05, 0.1) is 0 Å². The molecule has 0 radical (unpaired) electrons. The van der Waals surface area contributed by atoms with Gasteiger partial charge in [-0.15, -0.1) is 0 Å². The molecule has 21 heavy (non-hydrogen) atoms. The predicted octanol–water partition coefficient (Wildman–Crippen LogP) is 5.68. The van der Waals surface area contributed by atoms with Crippen LogP contribution in [-0.2, 0) is 0 Å². The van der Waals surface area contributed by atoms with Crippen molar-refractivity contribution in [3.8, 4) is 0 Å². The molecule has 0 aliphatic carbocycles. The molecular formula is C19H24ClN. The molecule has 112 valence electrons. The third kappa shape index (κ3) is 3.87. The van der Waals surface area contributed by atoms with Crippen molar-refractivity contribution in [3.05, 3.63) is 69.2 Å². The van der Waals surface area contributed by atoms with Crippen molar-refractivity contribution in [2.45, 2.75) is 46.7 Å². The maximum atomic E-state index is 5.95. The van der Waals surface area contributed by atoms with Crippen LogP contribution >= 0.6 is 11.6 Å². The van der Waals surface area contributed by atoms with E-state index in [-0.39, 0.29) is 6.04 Å². The summed E-state index contributed by atoms with van der Waals surface area (Å²) in [6.45, 7) is 11.0. The van der Waals surface area contributed by atoms with Gasteiger partial charge in [-0.3, -0.25) is 0 Å². The van der Waals surface area contributed by atoms with Crippen molar-refractivity contribution >= 4 is 11.6 Å². The first-order valence-corrected chi connectivity index (χ1v) is 7.85. The molecule has 2 rings (SSSR count). The summed E-state index contributed by atoms with van der Waals surface area (Å²) in [5.74, 6) is 0. The van der Waals surface area contributed by atoms with E-state index in [1.165, 1.54) is 27.8 Å². The molecule has 1 nitrogen and oxygen atoms in total. The Hall–Kier alpha value is -1.31. The SMILES string of the molecule is Cc1cc(C)c(C(C)N[C@H](C)c2ccc(Cl)cc2)c(C)c1.